The quantitative estimate of drug-likeness (QED) is 0.838. The van der Waals surface area contributed by atoms with E-state index in [0.29, 0.717) is 6.54 Å². The SMILES string of the molecule is CC(NCc1ncc(Br)cc1Br)C(=O)N1CCCCC1. The van der Waals surface area contributed by atoms with Crippen molar-refractivity contribution >= 4 is 37.8 Å². The molecule has 20 heavy (non-hydrogen) atoms. The molecule has 1 unspecified atom stereocenters. The van der Waals surface area contributed by atoms with Crippen LogP contribution in [-0.2, 0) is 11.3 Å². The fourth-order valence-electron chi connectivity index (χ4n) is 2.30. The molecule has 1 atom stereocenters. The van der Waals surface area contributed by atoms with Crippen LogP contribution in [0.4, 0.5) is 0 Å². The number of nitrogens with zero attached hydrogens (tertiary/aromatic N) is 2. The number of nitrogens with one attached hydrogen (secondary N) is 1. The summed E-state index contributed by atoms with van der Waals surface area (Å²) in [6.45, 7) is 4.29. The van der Waals surface area contributed by atoms with Crippen molar-refractivity contribution in [2.24, 2.45) is 0 Å². The molecule has 6 heteroatoms. The highest BCUT2D eigenvalue weighted by atomic mass is 79.9. The Labute approximate surface area is 136 Å². The van der Waals surface area contributed by atoms with E-state index in [1.54, 1.807) is 6.20 Å². The number of pyridine rings is 1. The van der Waals surface area contributed by atoms with Crippen LogP contribution in [0.15, 0.2) is 21.2 Å². The van der Waals surface area contributed by atoms with Crippen molar-refractivity contribution in [1.29, 1.82) is 0 Å². The molecule has 0 radical (unpaired) electrons. The van der Waals surface area contributed by atoms with Gasteiger partial charge in [0, 0.05) is 34.8 Å². The number of carbonyl (C=O) groups excluding carboxylic acids is 1. The van der Waals surface area contributed by atoms with Crippen LogP contribution in [-0.4, -0.2) is 34.9 Å². The van der Waals surface area contributed by atoms with E-state index in [2.05, 4.69) is 42.2 Å². The molecule has 1 aromatic rings. The number of carbonyl (C=O) groups is 1. The summed E-state index contributed by atoms with van der Waals surface area (Å²) >= 11 is 6.86. The van der Waals surface area contributed by atoms with Gasteiger partial charge in [-0.3, -0.25) is 9.78 Å². The first-order chi connectivity index (χ1) is 9.58. The Morgan fingerprint density at radius 2 is 2.10 bits per heavy atom. The minimum Gasteiger partial charge on any atom is -0.341 e. The molecule has 0 bridgehead atoms. The Morgan fingerprint density at radius 3 is 2.75 bits per heavy atom. The van der Waals surface area contributed by atoms with E-state index in [-0.39, 0.29) is 11.9 Å². The summed E-state index contributed by atoms with van der Waals surface area (Å²) in [6.07, 6.45) is 5.25. The van der Waals surface area contributed by atoms with Gasteiger partial charge in [-0.05, 0) is 64.1 Å². The first kappa shape index (κ1) is 15.9. The molecule has 4 nitrogen and oxygen atoms in total. The van der Waals surface area contributed by atoms with Crippen molar-refractivity contribution < 1.29 is 4.79 Å². The monoisotopic (exact) mass is 403 g/mol. The summed E-state index contributed by atoms with van der Waals surface area (Å²) in [6, 6.07) is 1.78. The second kappa shape index (κ2) is 7.52. The lowest BCUT2D eigenvalue weighted by Crippen LogP contribution is -2.46. The van der Waals surface area contributed by atoms with E-state index in [0.717, 1.165) is 40.6 Å². The molecule has 1 saturated heterocycles. The molecule has 110 valence electrons. The van der Waals surface area contributed by atoms with Gasteiger partial charge in [-0.25, -0.2) is 0 Å². The summed E-state index contributed by atoms with van der Waals surface area (Å²) in [5.41, 5.74) is 0.909. The number of halogens is 2. The molecule has 0 aromatic carbocycles. The zero-order valence-electron chi connectivity index (χ0n) is 11.5. The van der Waals surface area contributed by atoms with Crippen LogP contribution in [0.5, 0.6) is 0 Å². The molecule has 2 heterocycles. The highest BCUT2D eigenvalue weighted by Gasteiger charge is 2.21. The first-order valence-corrected chi connectivity index (χ1v) is 8.48. The summed E-state index contributed by atoms with van der Waals surface area (Å²) in [4.78, 5) is 18.6. The average Bonchev–Trinajstić information content (AvgIpc) is 2.46. The number of amides is 1. The Kier molecular flexibility index (Phi) is 5.99. The Morgan fingerprint density at radius 1 is 1.40 bits per heavy atom. The molecular weight excluding hydrogens is 386 g/mol. The minimum absolute atomic E-state index is 0.176. The van der Waals surface area contributed by atoms with Crippen LogP contribution >= 0.6 is 31.9 Å². The van der Waals surface area contributed by atoms with Crippen LogP contribution in [0, 0.1) is 0 Å². The molecular formula is C14H19Br2N3O. The first-order valence-electron chi connectivity index (χ1n) is 6.90. The highest BCUT2D eigenvalue weighted by molar-refractivity contribution is 9.11. The zero-order valence-corrected chi connectivity index (χ0v) is 14.7. The Bertz CT molecular complexity index is 475. The van der Waals surface area contributed by atoms with Crippen LogP contribution < -0.4 is 5.32 Å². The van der Waals surface area contributed by atoms with Crippen LogP contribution in [0.1, 0.15) is 31.9 Å². The maximum atomic E-state index is 12.3. The molecule has 1 aliphatic heterocycles. The van der Waals surface area contributed by atoms with Gasteiger partial charge in [-0.15, -0.1) is 0 Å². The normalized spacial score (nSPS) is 17.1. The highest BCUT2D eigenvalue weighted by Crippen LogP contribution is 2.19. The molecule has 2 rings (SSSR count). The van der Waals surface area contributed by atoms with Gasteiger partial charge in [0.05, 0.1) is 11.7 Å². The lowest BCUT2D eigenvalue weighted by Gasteiger charge is -2.29. The number of hydrogen-bond acceptors (Lipinski definition) is 3. The van der Waals surface area contributed by atoms with Gasteiger partial charge in [-0.2, -0.15) is 0 Å². The van der Waals surface area contributed by atoms with Crippen molar-refractivity contribution in [1.82, 2.24) is 15.2 Å². The Hall–Kier alpha value is -0.460. The lowest BCUT2D eigenvalue weighted by atomic mass is 10.1. The molecule has 1 amide bonds. The smallest absolute Gasteiger partial charge is 0.239 e. The zero-order chi connectivity index (χ0) is 14.5. The molecule has 1 aliphatic rings. The fourth-order valence-corrected chi connectivity index (χ4v) is 3.43. The molecule has 0 saturated carbocycles. The van der Waals surface area contributed by atoms with Gasteiger partial charge in [0.15, 0.2) is 0 Å². The summed E-state index contributed by atoms with van der Waals surface area (Å²) in [5, 5.41) is 3.26. The summed E-state index contributed by atoms with van der Waals surface area (Å²) in [5.74, 6) is 0.193. The minimum atomic E-state index is -0.176. The maximum absolute atomic E-state index is 12.3. The van der Waals surface area contributed by atoms with Crippen molar-refractivity contribution in [2.45, 2.75) is 38.8 Å². The van der Waals surface area contributed by atoms with Gasteiger partial charge >= 0.3 is 0 Å². The number of rotatable bonds is 4. The van der Waals surface area contributed by atoms with Crippen molar-refractivity contribution in [3.8, 4) is 0 Å². The third kappa shape index (κ3) is 4.27. The number of hydrogen-bond donors (Lipinski definition) is 1. The van der Waals surface area contributed by atoms with Crippen molar-refractivity contribution in [3.05, 3.63) is 26.9 Å². The van der Waals surface area contributed by atoms with E-state index in [1.807, 2.05) is 17.9 Å². The summed E-state index contributed by atoms with van der Waals surface area (Å²) < 4.78 is 1.88. The number of aromatic nitrogens is 1. The number of piperidine rings is 1. The summed E-state index contributed by atoms with van der Waals surface area (Å²) in [7, 11) is 0. The molecule has 1 N–H and O–H groups in total. The second-order valence-corrected chi connectivity index (χ2v) is 6.84. The average molecular weight is 405 g/mol. The molecule has 1 aromatic heterocycles. The van der Waals surface area contributed by atoms with Gasteiger partial charge in [-0.1, -0.05) is 0 Å². The number of likely N-dealkylation sites (tertiary alicyclic amines) is 1. The van der Waals surface area contributed by atoms with Crippen LogP contribution in [0.3, 0.4) is 0 Å². The van der Waals surface area contributed by atoms with Crippen molar-refractivity contribution in [2.75, 3.05) is 13.1 Å². The van der Waals surface area contributed by atoms with E-state index in [1.165, 1.54) is 6.42 Å². The van der Waals surface area contributed by atoms with Gasteiger partial charge in [0.1, 0.15) is 0 Å². The van der Waals surface area contributed by atoms with Crippen LogP contribution in [0.25, 0.3) is 0 Å². The maximum Gasteiger partial charge on any atom is 0.239 e. The largest absolute Gasteiger partial charge is 0.341 e. The molecule has 0 spiro atoms. The molecule has 1 fully saturated rings. The van der Waals surface area contributed by atoms with E-state index >= 15 is 0 Å². The predicted molar refractivity (Wildman–Crippen MR) is 86.4 cm³/mol. The third-order valence-corrected chi connectivity index (χ3v) is 4.62. The van der Waals surface area contributed by atoms with Gasteiger partial charge in [0.2, 0.25) is 5.91 Å². The van der Waals surface area contributed by atoms with Crippen LogP contribution in [0.2, 0.25) is 0 Å². The topological polar surface area (TPSA) is 45.2 Å². The Balaban J connectivity index is 1.87. The fraction of sp³-hybridized carbons (Fsp3) is 0.571. The standard InChI is InChI=1S/C14H19Br2N3O/c1-10(14(20)19-5-3-2-4-6-19)17-9-13-12(16)7-11(15)8-18-13/h7-8,10,17H,2-6,9H2,1H3. The van der Waals surface area contributed by atoms with E-state index in [9.17, 15) is 4.79 Å². The third-order valence-electron chi connectivity index (χ3n) is 3.50. The predicted octanol–water partition coefficient (Wildman–Crippen LogP) is 3.10. The van der Waals surface area contributed by atoms with Gasteiger partial charge in [0.25, 0.3) is 0 Å². The van der Waals surface area contributed by atoms with E-state index < -0.39 is 0 Å². The van der Waals surface area contributed by atoms with E-state index in [4.69, 9.17) is 0 Å². The van der Waals surface area contributed by atoms with Gasteiger partial charge < -0.3 is 10.2 Å². The second-order valence-electron chi connectivity index (χ2n) is 5.07. The lowest BCUT2D eigenvalue weighted by molar-refractivity contribution is -0.133. The molecule has 0 aliphatic carbocycles. The van der Waals surface area contributed by atoms with Crippen molar-refractivity contribution in [3.63, 3.8) is 0 Å².